The van der Waals surface area contributed by atoms with Gasteiger partial charge in [0.05, 0.1) is 24.9 Å². The average Bonchev–Trinajstić information content (AvgIpc) is 3.02. The number of benzene rings is 1. The lowest BCUT2D eigenvalue weighted by Crippen LogP contribution is -2.60. The molecule has 0 aliphatic carbocycles. The van der Waals surface area contributed by atoms with Crippen LogP contribution in [-0.2, 0) is 25.4 Å². The normalized spacial score (nSPS) is 24.4. The molecular weight excluding hydrogens is 554 g/mol. The first kappa shape index (κ1) is 37.6. The monoisotopic (exact) mass is 611 g/mol. The van der Waals surface area contributed by atoms with Gasteiger partial charge < -0.3 is 45.5 Å². The Morgan fingerprint density at radius 2 is 1.44 bits per heavy atom. The molecule has 1 saturated heterocycles. The van der Waals surface area contributed by atoms with Crippen LogP contribution in [0.4, 0.5) is 0 Å². The van der Waals surface area contributed by atoms with Gasteiger partial charge >= 0.3 is 5.97 Å². The van der Waals surface area contributed by atoms with E-state index in [-0.39, 0.29) is 19.6 Å². The van der Waals surface area contributed by atoms with E-state index >= 15 is 0 Å². The second-order valence-corrected chi connectivity index (χ2v) is 11.9. The van der Waals surface area contributed by atoms with Crippen molar-refractivity contribution in [1.29, 1.82) is 0 Å². The fraction of sp³-hybridized carbons (Fsp3) is 0.788. The minimum atomic E-state index is -1.61. The van der Waals surface area contributed by atoms with E-state index in [0.29, 0.717) is 12.8 Å². The van der Waals surface area contributed by atoms with Crippen LogP contribution >= 0.6 is 0 Å². The predicted molar refractivity (Wildman–Crippen MR) is 164 cm³/mol. The Balaban J connectivity index is 1.62. The molecule has 1 aliphatic rings. The zero-order valence-electron chi connectivity index (χ0n) is 26.0. The van der Waals surface area contributed by atoms with Crippen molar-refractivity contribution in [1.82, 2.24) is 0 Å². The first-order chi connectivity index (χ1) is 20.7. The Morgan fingerprint density at radius 1 is 0.860 bits per heavy atom. The second-order valence-electron chi connectivity index (χ2n) is 11.9. The molecule has 0 aromatic heterocycles. The third-order valence-corrected chi connectivity index (χ3v) is 8.18. The second kappa shape index (κ2) is 22.0. The number of aliphatic hydroxyl groups is 5. The third kappa shape index (κ3) is 14.8. The van der Waals surface area contributed by atoms with E-state index in [1.807, 2.05) is 30.3 Å². The Hall–Kier alpha value is -1.63. The summed E-state index contributed by atoms with van der Waals surface area (Å²) < 4.78 is 16.3. The maximum Gasteiger partial charge on any atom is 0.306 e. The Kier molecular flexibility index (Phi) is 19.2. The molecule has 248 valence electrons. The molecule has 1 aromatic carbocycles. The molecule has 1 heterocycles. The zero-order valence-corrected chi connectivity index (χ0v) is 26.0. The van der Waals surface area contributed by atoms with Crippen LogP contribution in [0.15, 0.2) is 30.3 Å². The third-order valence-electron chi connectivity index (χ3n) is 8.18. The minimum Gasteiger partial charge on any atom is -0.463 e. The van der Waals surface area contributed by atoms with Crippen molar-refractivity contribution in [3.05, 3.63) is 35.9 Å². The molecule has 2 rings (SSSR count). The molecule has 1 fully saturated rings. The largest absolute Gasteiger partial charge is 0.463 e. The van der Waals surface area contributed by atoms with Crippen LogP contribution in [0, 0.1) is 0 Å². The quantitative estimate of drug-likeness (QED) is 0.0798. The Bertz CT molecular complexity index is 845. The van der Waals surface area contributed by atoms with Crippen molar-refractivity contribution in [2.75, 3.05) is 13.2 Å². The molecule has 0 radical (unpaired) electrons. The molecule has 1 aliphatic heterocycles. The number of aryl methyl sites for hydroxylation is 1. The number of esters is 1. The van der Waals surface area contributed by atoms with Gasteiger partial charge in [0, 0.05) is 6.42 Å². The number of aliphatic hydroxyl groups excluding tert-OH is 5. The summed E-state index contributed by atoms with van der Waals surface area (Å²) in [6.07, 6.45) is 6.04. The van der Waals surface area contributed by atoms with E-state index in [1.54, 1.807) is 0 Å². The van der Waals surface area contributed by atoms with Crippen LogP contribution in [0.2, 0.25) is 0 Å². The molecular formula is C33H57NO9. The number of hydrogen-bond acceptors (Lipinski definition) is 10. The van der Waals surface area contributed by atoms with Crippen LogP contribution in [0.3, 0.4) is 0 Å². The maximum absolute atomic E-state index is 12.2. The smallest absolute Gasteiger partial charge is 0.306 e. The molecule has 43 heavy (non-hydrogen) atoms. The lowest BCUT2D eigenvalue weighted by Gasteiger charge is -2.40. The van der Waals surface area contributed by atoms with Crippen molar-refractivity contribution in [3.63, 3.8) is 0 Å². The van der Waals surface area contributed by atoms with Crippen molar-refractivity contribution in [3.8, 4) is 0 Å². The fourth-order valence-electron chi connectivity index (χ4n) is 5.29. The van der Waals surface area contributed by atoms with Gasteiger partial charge in [-0.2, -0.15) is 0 Å². The van der Waals surface area contributed by atoms with Gasteiger partial charge in [-0.1, -0.05) is 114 Å². The first-order valence-corrected chi connectivity index (χ1v) is 16.4. The van der Waals surface area contributed by atoms with Gasteiger partial charge in [0.1, 0.15) is 31.0 Å². The maximum atomic E-state index is 12.2. The van der Waals surface area contributed by atoms with Crippen LogP contribution in [-0.4, -0.2) is 93.7 Å². The van der Waals surface area contributed by atoms with Gasteiger partial charge in [-0.15, -0.1) is 0 Å². The molecule has 0 bridgehead atoms. The molecule has 7 N–H and O–H groups in total. The summed E-state index contributed by atoms with van der Waals surface area (Å²) in [5.74, 6) is -0.495. The van der Waals surface area contributed by atoms with E-state index in [9.17, 15) is 30.3 Å². The van der Waals surface area contributed by atoms with Crippen LogP contribution < -0.4 is 5.73 Å². The summed E-state index contributed by atoms with van der Waals surface area (Å²) >= 11 is 0. The number of rotatable bonds is 23. The summed E-state index contributed by atoms with van der Waals surface area (Å²) in [5, 5.41) is 51.8. The van der Waals surface area contributed by atoms with E-state index in [0.717, 1.165) is 24.8 Å². The van der Waals surface area contributed by atoms with Crippen molar-refractivity contribution in [2.45, 2.75) is 152 Å². The van der Waals surface area contributed by atoms with Gasteiger partial charge in [0.25, 0.3) is 0 Å². The van der Waals surface area contributed by atoms with Crippen LogP contribution in [0.25, 0.3) is 0 Å². The van der Waals surface area contributed by atoms with Gasteiger partial charge in [-0.05, 0) is 18.4 Å². The predicted octanol–water partition coefficient (Wildman–Crippen LogP) is 3.13. The molecule has 10 nitrogen and oxygen atoms in total. The minimum absolute atomic E-state index is 0.131. The summed E-state index contributed by atoms with van der Waals surface area (Å²) in [6, 6.07) is 8.48. The highest BCUT2D eigenvalue weighted by molar-refractivity contribution is 5.69. The lowest BCUT2D eigenvalue weighted by atomic mass is 9.99. The van der Waals surface area contributed by atoms with Gasteiger partial charge in [-0.3, -0.25) is 4.79 Å². The standard InChI is InChI=1S/C33H57NO9/c1-2-3-4-5-6-7-8-9-10-11-12-16-19-26(35)29(37)25(34)22-42-33-32(40)31(39)30(38)27(43-33)23-41-28(36)21-20-24-17-14-13-15-18-24/h13-15,17-18,25-27,29-33,35,37-40H,2-12,16,19-23,34H2,1H3/t25-,26+,27+,29-,30-,31-,32+,33-/m0/s1. The molecule has 0 spiro atoms. The Labute approximate surface area is 257 Å². The molecule has 0 amide bonds. The number of unbranched alkanes of at least 4 members (excludes halogenated alkanes) is 11. The van der Waals surface area contributed by atoms with Crippen molar-refractivity contribution >= 4 is 5.97 Å². The summed E-state index contributed by atoms with van der Waals surface area (Å²) in [4.78, 5) is 12.2. The highest BCUT2D eigenvalue weighted by Gasteiger charge is 2.45. The molecule has 10 heteroatoms. The molecule has 1 aromatic rings. The van der Waals surface area contributed by atoms with E-state index in [2.05, 4.69) is 6.92 Å². The highest BCUT2D eigenvalue weighted by Crippen LogP contribution is 2.23. The summed E-state index contributed by atoms with van der Waals surface area (Å²) in [5.41, 5.74) is 7.02. The molecule has 8 atom stereocenters. The van der Waals surface area contributed by atoms with Crippen molar-refractivity contribution < 1.29 is 44.5 Å². The van der Waals surface area contributed by atoms with Crippen LogP contribution in [0.1, 0.15) is 102 Å². The number of nitrogens with two attached hydrogens (primary N) is 1. The number of carbonyl (C=O) groups is 1. The number of ether oxygens (including phenoxy) is 3. The number of hydrogen-bond donors (Lipinski definition) is 6. The van der Waals surface area contributed by atoms with Crippen LogP contribution in [0.5, 0.6) is 0 Å². The molecule has 0 saturated carbocycles. The van der Waals surface area contributed by atoms with E-state index in [4.69, 9.17) is 19.9 Å². The van der Waals surface area contributed by atoms with E-state index in [1.165, 1.54) is 57.8 Å². The Morgan fingerprint density at radius 3 is 2.05 bits per heavy atom. The van der Waals surface area contributed by atoms with Gasteiger partial charge in [0.2, 0.25) is 0 Å². The SMILES string of the molecule is CCCCCCCCCCCCCC[C@@H](O)[C@@H](O)[C@@H](N)CO[C@H]1O[C@H](COC(=O)CCc2ccccc2)[C@H](O)[C@H](O)[C@H]1O. The van der Waals surface area contributed by atoms with Gasteiger partial charge in [0.15, 0.2) is 6.29 Å². The highest BCUT2D eigenvalue weighted by atomic mass is 16.7. The van der Waals surface area contributed by atoms with E-state index < -0.39 is 54.9 Å². The summed E-state index contributed by atoms with van der Waals surface area (Å²) in [7, 11) is 0. The summed E-state index contributed by atoms with van der Waals surface area (Å²) in [6.45, 7) is 1.62. The zero-order chi connectivity index (χ0) is 31.5. The van der Waals surface area contributed by atoms with Crippen molar-refractivity contribution in [2.24, 2.45) is 5.73 Å². The average molecular weight is 612 g/mol. The lowest BCUT2D eigenvalue weighted by molar-refractivity contribution is -0.303. The fourth-order valence-corrected chi connectivity index (χ4v) is 5.29. The number of carbonyl (C=O) groups excluding carboxylic acids is 1. The van der Waals surface area contributed by atoms with Gasteiger partial charge in [-0.25, -0.2) is 0 Å². The topological polar surface area (TPSA) is 172 Å². The molecule has 0 unspecified atom stereocenters. The first-order valence-electron chi connectivity index (χ1n) is 16.4.